The Morgan fingerprint density at radius 2 is 2.24 bits per heavy atom. The minimum Gasteiger partial charge on any atom is -0.508 e. The standard InChI is InChI=1S/C14H18FN3O3/c15-12-6-10(19)3-4-11(12)14(21)18(8-13(16)20)9-2-1-5-17-7-9/h3-4,6,9,17,19H,1-2,5,7-8H2,(H2,16,20). The minimum atomic E-state index is -0.821. The first kappa shape index (κ1) is 15.2. The molecule has 0 spiro atoms. The molecule has 7 heteroatoms. The summed E-state index contributed by atoms with van der Waals surface area (Å²) in [5.41, 5.74) is 5.01. The van der Waals surface area contributed by atoms with Gasteiger partial charge in [0.15, 0.2) is 0 Å². The zero-order valence-electron chi connectivity index (χ0n) is 11.5. The monoisotopic (exact) mass is 295 g/mol. The molecular formula is C14H18FN3O3. The summed E-state index contributed by atoms with van der Waals surface area (Å²) < 4.78 is 13.8. The van der Waals surface area contributed by atoms with E-state index < -0.39 is 17.6 Å². The molecule has 1 aromatic carbocycles. The van der Waals surface area contributed by atoms with Gasteiger partial charge in [-0.15, -0.1) is 0 Å². The van der Waals surface area contributed by atoms with E-state index in [1.165, 1.54) is 17.0 Å². The maximum Gasteiger partial charge on any atom is 0.257 e. The van der Waals surface area contributed by atoms with Gasteiger partial charge >= 0.3 is 0 Å². The van der Waals surface area contributed by atoms with Gasteiger partial charge in [0, 0.05) is 18.7 Å². The fourth-order valence-corrected chi connectivity index (χ4v) is 2.47. The van der Waals surface area contributed by atoms with Crippen LogP contribution in [0.25, 0.3) is 0 Å². The fraction of sp³-hybridized carbons (Fsp3) is 0.429. The van der Waals surface area contributed by atoms with Crippen LogP contribution in [0.2, 0.25) is 0 Å². The van der Waals surface area contributed by atoms with Gasteiger partial charge in [0.2, 0.25) is 5.91 Å². The third-order valence-electron chi connectivity index (χ3n) is 3.48. The Hall–Kier alpha value is -2.15. The van der Waals surface area contributed by atoms with Crippen LogP contribution in [0.4, 0.5) is 4.39 Å². The highest BCUT2D eigenvalue weighted by Crippen LogP contribution is 2.19. The minimum absolute atomic E-state index is 0.181. The van der Waals surface area contributed by atoms with Crippen LogP contribution in [0.5, 0.6) is 5.75 Å². The number of rotatable bonds is 4. The molecule has 4 N–H and O–H groups in total. The molecule has 2 amide bonds. The molecule has 6 nitrogen and oxygen atoms in total. The molecule has 1 fully saturated rings. The molecule has 114 valence electrons. The van der Waals surface area contributed by atoms with E-state index in [9.17, 15) is 19.1 Å². The number of carbonyl (C=O) groups is 2. The van der Waals surface area contributed by atoms with Crippen LogP contribution in [0.1, 0.15) is 23.2 Å². The molecule has 21 heavy (non-hydrogen) atoms. The summed E-state index contributed by atoms with van der Waals surface area (Å²) in [7, 11) is 0. The van der Waals surface area contributed by atoms with Gasteiger partial charge in [-0.05, 0) is 31.5 Å². The molecule has 0 radical (unpaired) electrons. The molecule has 1 saturated heterocycles. The van der Waals surface area contributed by atoms with Crippen LogP contribution in [0.3, 0.4) is 0 Å². The number of amides is 2. The zero-order valence-corrected chi connectivity index (χ0v) is 11.5. The zero-order chi connectivity index (χ0) is 15.4. The summed E-state index contributed by atoms with van der Waals surface area (Å²) in [5.74, 6) is -2.32. The number of hydrogen-bond acceptors (Lipinski definition) is 4. The second-order valence-electron chi connectivity index (χ2n) is 5.06. The van der Waals surface area contributed by atoms with Crippen LogP contribution < -0.4 is 11.1 Å². The highest BCUT2D eigenvalue weighted by Gasteiger charge is 2.28. The van der Waals surface area contributed by atoms with Crippen molar-refractivity contribution in [1.29, 1.82) is 0 Å². The maximum atomic E-state index is 13.8. The number of aromatic hydroxyl groups is 1. The summed E-state index contributed by atoms with van der Waals surface area (Å²) in [4.78, 5) is 25.0. The van der Waals surface area contributed by atoms with Gasteiger partial charge in [-0.3, -0.25) is 9.59 Å². The van der Waals surface area contributed by atoms with E-state index in [1.807, 2.05) is 0 Å². The summed E-state index contributed by atoms with van der Waals surface area (Å²) in [6, 6.07) is 3.11. The van der Waals surface area contributed by atoms with E-state index in [-0.39, 0.29) is 23.9 Å². The molecule has 0 aliphatic carbocycles. The quantitative estimate of drug-likeness (QED) is 0.740. The largest absolute Gasteiger partial charge is 0.508 e. The van der Waals surface area contributed by atoms with Crippen LogP contribution >= 0.6 is 0 Å². The number of nitrogens with two attached hydrogens (primary N) is 1. The number of primary amides is 1. The highest BCUT2D eigenvalue weighted by molar-refractivity contribution is 5.97. The number of phenols is 1. The van der Waals surface area contributed by atoms with Crippen molar-refractivity contribution in [3.05, 3.63) is 29.6 Å². The van der Waals surface area contributed by atoms with Gasteiger partial charge in [0.25, 0.3) is 5.91 Å². The molecule has 1 aliphatic heterocycles. The van der Waals surface area contributed by atoms with E-state index >= 15 is 0 Å². The average Bonchev–Trinajstić information content (AvgIpc) is 2.45. The number of nitrogens with one attached hydrogen (secondary N) is 1. The summed E-state index contributed by atoms with van der Waals surface area (Å²) in [5, 5.41) is 12.3. The van der Waals surface area contributed by atoms with Crippen molar-refractivity contribution in [2.75, 3.05) is 19.6 Å². The van der Waals surface area contributed by atoms with Crippen LogP contribution in [-0.2, 0) is 4.79 Å². The number of hydrogen-bond donors (Lipinski definition) is 3. The lowest BCUT2D eigenvalue weighted by molar-refractivity contribution is -0.119. The van der Waals surface area contributed by atoms with E-state index in [1.54, 1.807) is 0 Å². The summed E-state index contributed by atoms with van der Waals surface area (Å²) >= 11 is 0. The molecule has 1 unspecified atom stereocenters. The highest BCUT2D eigenvalue weighted by atomic mass is 19.1. The molecular weight excluding hydrogens is 277 g/mol. The van der Waals surface area contributed by atoms with E-state index in [2.05, 4.69) is 5.32 Å². The Morgan fingerprint density at radius 1 is 1.48 bits per heavy atom. The third-order valence-corrected chi connectivity index (χ3v) is 3.48. The smallest absolute Gasteiger partial charge is 0.257 e. The third kappa shape index (κ3) is 3.69. The predicted octanol–water partition coefficient (Wildman–Crippen LogP) is 0.211. The van der Waals surface area contributed by atoms with Gasteiger partial charge in [-0.25, -0.2) is 4.39 Å². The lowest BCUT2D eigenvalue weighted by Crippen LogP contribution is -2.51. The van der Waals surface area contributed by atoms with Crippen molar-refractivity contribution in [1.82, 2.24) is 10.2 Å². The van der Waals surface area contributed by atoms with Gasteiger partial charge < -0.3 is 21.1 Å². The van der Waals surface area contributed by atoms with Crippen LogP contribution in [0, 0.1) is 5.82 Å². The lowest BCUT2D eigenvalue weighted by atomic mass is 10.0. The van der Waals surface area contributed by atoms with E-state index in [0.29, 0.717) is 6.54 Å². The molecule has 1 atom stereocenters. The summed E-state index contributed by atoms with van der Waals surface area (Å²) in [6.07, 6.45) is 1.59. The second kappa shape index (κ2) is 6.53. The second-order valence-corrected chi connectivity index (χ2v) is 5.06. The first-order valence-corrected chi connectivity index (χ1v) is 6.77. The van der Waals surface area contributed by atoms with Gasteiger partial charge in [-0.1, -0.05) is 0 Å². The lowest BCUT2D eigenvalue weighted by Gasteiger charge is -2.34. The Balaban J connectivity index is 2.26. The molecule has 2 rings (SSSR count). The summed E-state index contributed by atoms with van der Waals surface area (Å²) in [6.45, 7) is 1.13. The van der Waals surface area contributed by atoms with E-state index in [4.69, 9.17) is 5.73 Å². The molecule has 1 heterocycles. The SMILES string of the molecule is NC(=O)CN(C(=O)c1ccc(O)cc1F)C1CCCNC1. The van der Waals surface area contributed by atoms with Gasteiger partial charge in [0.05, 0.1) is 12.1 Å². The Labute approximate surface area is 121 Å². The Kier molecular flexibility index (Phi) is 4.74. The number of nitrogens with zero attached hydrogens (tertiary/aromatic N) is 1. The number of benzene rings is 1. The van der Waals surface area contributed by atoms with Gasteiger partial charge in [-0.2, -0.15) is 0 Å². The maximum absolute atomic E-state index is 13.8. The Morgan fingerprint density at radius 3 is 2.81 bits per heavy atom. The molecule has 0 bridgehead atoms. The number of phenolic OH excluding ortho intramolecular Hbond substituents is 1. The normalized spacial score (nSPS) is 18.2. The van der Waals surface area contributed by atoms with Crippen molar-refractivity contribution in [3.63, 3.8) is 0 Å². The number of carbonyl (C=O) groups excluding carboxylic acids is 2. The molecule has 1 aromatic rings. The van der Waals surface area contributed by atoms with Crippen LogP contribution in [0.15, 0.2) is 18.2 Å². The average molecular weight is 295 g/mol. The first-order valence-electron chi connectivity index (χ1n) is 6.77. The van der Waals surface area contributed by atoms with Crippen molar-refractivity contribution in [3.8, 4) is 5.75 Å². The topological polar surface area (TPSA) is 95.7 Å². The Bertz CT molecular complexity index is 544. The fourth-order valence-electron chi connectivity index (χ4n) is 2.47. The van der Waals surface area contributed by atoms with Crippen LogP contribution in [-0.4, -0.2) is 47.5 Å². The van der Waals surface area contributed by atoms with E-state index in [0.717, 1.165) is 25.5 Å². The van der Waals surface area contributed by atoms with Crippen molar-refractivity contribution < 1.29 is 19.1 Å². The van der Waals surface area contributed by atoms with Crippen molar-refractivity contribution in [2.45, 2.75) is 18.9 Å². The number of piperidine rings is 1. The van der Waals surface area contributed by atoms with Gasteiger partial charge in [0.1, 0.15) is 11.6 Å². The van der Waals surface area contributed by atoms with Crippen molar-refractivity contribution in [2.24, 2.45) is 5.73 Å². The molecule has 0 saturated carbocycles. The predicted molar refractivity (Wildman–Crippen MR) is 74.2 cm³/mol. The van der Waals surface area contributed by atoms with Crippen molar-refractivity contribution >= 4 is 11.8 Å². The first-order chi connectivity index (χ1) is 9.99. The molecule has 1 aliphatic rings. The number of halogens is 1. The molecule has 0 aromatic heterocycles.